The molecular formula is C66H61N7. The highest BCUT2D eigenvalue weighted by Crippen LogP contribution is 2.48. The molecule has 3 heterocycles. The molecule has 0 aliphatic heterocycles. The van der Waals surface area contributed by atoms with Crippen LogP contribution in [0.3, 0.4) is 0 Å². The highest BCUT2D eigenvalue weighted by Gasteiger charge is 2.36. The summed E-state index contributed by atoms with van der Waals surface area (Å²) in [6.45, 7) is 16.3. The van der Waals surface area contributed by atoms with Crippen molar-refractivity contribution in [2.24, 2.45) is 5.41 Å². The van der Waals surface area contributed by atoms with Crippen LogP contribution in [-0.4, -0.2) is 30.1 Å². The van der Waals surface area contributed by atoms with Crippen molar-refractivity contribution in [2.75, 3.05) is 9.80 Å². The smallest absolute Gasteiger partial charge is 0.240 e. The standard InChI is InChI=1S/C66H61N7/c1-44-39-47(66(5,6)7)41-57-56-43-53(71(50-29-19-11-20-30-50)51-31-21-12-22-32-51)35-38-60(56)73(61(44)57)64-68-62(45-23-13-8-14-24-45)67-63(69-64)72-58-36-33-46(65(2,3)4)40-54(58)55-42-52(34-37-59(55)72)70(48-25-15-9-16-26-48)49-27-17-10-18-28-49/h8-38,40-42,44,53H,39,43H2,1-7H3. The van der Waals surface area contributed by atoms with Gasteiger partial charge in [-0.25, -0.2) is 0 Å². The number of hydrogen-bond donors (Lipinski definition) is 0. The Kier molecular flexibility index (Phi) is 11.4. The van der Waals surface area contributed by atoms with Crippen LogP contribution in [0.5, 0.6) is 0 Å². The summed E-state index contributed by atoms with van der Waals surface area (Å²) in [5.41, 5.74) is 16.2. The number of benzene rings is 7. The molecule has 0 saturated heterocycles. The quantitative estimate of drug-likeness (QED) is 0.144. The predicted octanol–water partition coefficient (Wildman–Crippen LogP) is 16.9. The van der Waals surface area contributed by atoms with Crippen LogP contribution < -0.4 is 9.80 Å². The Morgan fingerprint density at radius 2 is 1.03 bits per heavy atom. The lowest BCUT2D eigenvalue weighted by Gasteiger charge is -2.34. The average molecular weight is 952 g/mol. The van der Waals surface area contributed by atoms with Crippen LogP contribution in [0.2, 0.25) is 0 Å². The van der Waals surface area contributed by atoms with Gasteiger partial charge in [-0.3, -0.25) is 9.13 Å². The van der Waals surface area contributed by atoms with Crippen molar-refractivity contribution in [1.29, 1.82) is 0 Å². The van der Waals surface area contributed by atoms with E-state index < -0.39 is 0 Å². The van der Waals surface area contributed by atoms with E-state index in [-0.39, 0.29) is 22.8 Å². The first kappa shape index (κ1) is 45.8. The first-order valence-electron chi connectivity index (χ1n) is 25.8. The number of fused-ring (bicyclic) bond motifs is 6. The van der Waals surface area contributed by atoms with E-state index in [2.05, 4.69) is 268 Å². The number of rotatable bonds is 9. The molecule has 2 atom stereocenters. The number of aromatic nitrogens is 5. The molecule has 0 amide bonds. The summed E-state index contributed by atoms with van der Waals surface area (Å²) < 4.78 is 4.65. The fourth-order valence-electron chi connectivity index (χ4n) is 11.2. The molecule has 12 rings (SSSR count). The van der Waals surface area contributed by atoms with E-state index in [1.807, 2.05) is 6.07 Å². The lowest BCUT2D eigenvalue weighted by atomic mass is 9.75. The van der Waals surface area contributed by atoms with Gasteiger partial charge in [0.1, 0.15) is 0 Å². The van der Waals surface area contributed by atoms with Crippen LogP contribution in [0.1, 0.15) is 88.9 Å². The minimum atomic E-state index is -0.0719. The van der Waals surface area contributed by atoms with Crippen molar-refractivity contribution in [3.63, 3.8) is 0 Å². The number of para-hydroxylation sites is 4. The normalized spacial score (nSPS) is 15.5. The van der Waals surface area contributed by atoms with Gasteiger partial charge in [0.25, 0.3) is 0 Å². The van der Waals surface area contributed by atoms with E-state index >= 15 is 0 Å². The maximum atomic E-state index is 5.66. The summed E-state index contributed by atoms with van der Waals surface area (Å²) in [6, 6.07) is 67.0. The lowest BCUT2D eigenvalue weighted by molar-refractivity contribution is 0.467. The van der Waals surface area contributed by atoms with E-state index in [1.165, 1.54) is 28.0 Å². The van der Waals surface area contributed by atoms with Crippen molar-refractivity contribution in [3.05, 3.63) is 228 Å². The Morgan fingerprint density at radius 3 is 1.59 bits per heavy atom. The summed E-state index contributed by atoms with van der Waals surface area (Å²) in [4.78, 5) is 21.4. The van der Waals surface area contributed by atoms with Crippen LogP contribution in [0, 0.1) is 5.41 Å². The second-order valence-corrected chi connectivity index (χ2v) is 21.8. The Balaban J connectivity index is 1.10. The van der Waals surface area contributed by atoms with Crippen molar-refractivity contribution < 1.29 is 0 Å². The summed E-state index contributed by atoms with van der Waals surface area (Å²) in [6.07, 6.45) is 8.98. The molecule has 7 aromatic carbocycles. The Hall–Kier alpha value is -8.29. The van der Waals surface area contributed by atoms with Gasteiger partial charge in [-0.1, -0.05) is 175 Å². The maximum Gasteiger partial charge on any atom is 0.240 e. The molecule has 3 aromatic heterocycles. The molecule has 0 saturated carbocycles. The zero-order valence-corrected chi connectivity index (χ0v) is 42.8. The van der Waals surface area contributed by atoms with Gasteiger partial charge in [0.2, 0.25) is 11.9 Å². The van der Waals surface area contributed by atoms with Crippen molar-refractivity contribution in [1.82, 2.24) is 24.1 Å². The molecule has 73 heavy (non-hydrogen) atoms. The maximum absolute atomic E-state index is 5.66. The Morgan fingerprint density at radius 1 is 0.507 bits per heavy atom. The second kappa shape index (κ2) is 18.1. The van der Waals surface area contributed by atoms with Crippen molar-refractivity contribution in [2.45, 2.75) is 78.7 Å². The Bertz CT molecular complexity index is 3630. The summed E-state index contributed by atoms with van der Waals surface area (Å²) in [5.74, 6) is 2.02. The van der Waals surface area contributed by atoms with Crippen molar-refractivity contribution >= 4 is 62.4 Å². The molecule has 7 nitrogen and oxygen atoms in total. The highest BCUT2D eigenvalue weighted by atomic mass is 15.3. The number of nitrogens with zero attached hydrogens (tertiary/aromatic N) is 7. The lowest BCUT2D eigenvalue weighted by Crippen LogP contribution is -2.33. The fourth-order valence-corrected chi connectivity index (χ4v) is 11.2. The van der Waals surface area contributed by atoms with Gasteiger partial charge in [0.15, 0.2) is 5.82 Å². The molecule has 2 unspecified atom stereocenters. The zero-order valence-electron chi connectivity index (χ0n) is 42.8. The second-order valence-electron chi connectivity index (χ2n) is 21.8. The van der Waals surface area contributed by atoms with Gasteiger partial charge in [0, 0.05) is 61.9 Å². The Labute approximate surface area is 429 Å². The van der Waals surface area contributed by atoms with Crippen LogP contribution in [-0.2, 0) is 11.8 Å². The third kappa shape index (κ3) is 8.33. The summed E-state index contributed by atoms with van der Waals surface area (Å²) in [7, 11) is 0. The highest BCUT2D eigenvalue weighted by molar-refractivity contribution is 6.11. The molecular weight excluding hydrogens is 891 g/mol. The van der Waals surface area contributed by atoms with Crippen LogP contribution >= 0.6 is 0 Å². The van der Waals surface area contributed by atoms with Crippen LogP contribution in [0.4, 0.5) is 28.4 Å². The molecule has 2 aliphatic carbocycles. The van der Waals surface area contributed by atoms with E-state index in [0.717, 1.165) is 74.3 Å². The minimum absolute atomic E-state index is 0.00818. The summed E-state index contributed by atoms with van der Waals surface area (Å²) >= 11 is 0. The zero-order chi connectivity index (χ0) is 50.0. The third-order valence-electron chi connectivity index (χ3n) is 14.9. The van der Waals surface area contributed by atoms with E-state index in [9.17, 15) is 0 Å². The van der Waals surface area contributed by atoms with Crippen LogP contribution in [0.25, 0.3) is 57.2 Å². The first-order chi connectivity index (χ1) is 35.4. The van der Waals surface area contributed by atoms with E-state index in [1.54, 1.807) is 0 Å². The fraction of sp³-hybridized carbons (Fsp3) is 0.197. The van der Waals surface area contributed by atoms with Gasteiger partial charge in [-0.2, -0.15) is 15.0 Å². The van der Waals surface area contributed by atoms with Gasteiger partial charge in [0.05, 0.1) is 22.8 Å². The molecule has 0 spiro atoms. The third-order valence-corrected chi connectivity index (χ3v) is 14.9. The predicted molar refractivity (Wildman–Crippen MR) is 304 cm³/mol. The van der Waals surface area contributed by atoms with Gasteiger partial charge in [-0.15, -0.1) is 0 Å². The molecule has 0 bridgehead atoms. The van der Waals surface area contributed by atoms with Crippen LogP contribution in [0.15, 0.2) is 200 Å². The van der Waals surface area contributed by atoms with Gasteiger partial charge < -0.3 is 9.80 Å². The molecule has 7 heteroatoms. The molecule has 2 aliphatic rings. The van der Waals surface area contributed by atoms with E-state index in [4.69, 9.17) is 15.0 Å². The largest absolute Gasteiger partial charge is 0.334 e. The van der Waals surface area contributed by atoms with Crippen molar-refractivity contribution in [3.8, 4) is 23.3 Å². The van der Waals surface area contributed by atoms with E-state index in [0.29, 0.717) is 17.7 Å². The topological polar surface area (TPSA) is 55.0 Å². The number of anilines is 5. The SMILES string of the molecule is CC1CC(C(C)(C)C)=Cc2c3c(n(-c4nc(-c5ccccc5)nc(-n5c6ccc(N(c7ccccc7)c7ccccc7)cc6c6cc(C(C)(C)C)ccc65)n4)c21)C=CC(N(c1ccccc1)c1ccccc1)C3. The molecule has 0 radical (unpaired) electrons. The molecule has 0 fully saturated rings. The molecule has 10 aromatic rings. The monoisotopic (exact) mass is 951 g/mol. The number of allylic oxidation sites excluding steroid dienone is 1. The molecule has 0 N–H and O–H groups in total. The van der Waals surface area contributed by atoms with Gasteiger partial charge in [-0.05, 0) is 120 Å². The number of hydrogen-bond acceptors (Lipinski definition) is 5. The first-order valence-corrected chi connectivity index (χ1v) is 25.8. The average Bonchev–Trinajstić information content (AvgIpc) is 3.93. The molecule has 360 valence electrons. The van der Waals surface area contributed by atoms with Gasteiger partial charge >= 0.3 is 0 Å². The minimum Gasteiger partial charge on any atom is -0.334 e. The summed E-state index contributed by atoms with van der Waals surface area (Å²) in [5, 5.41) is 2.27.